The van der Waals surface area contributed by atoms with Gasteiger partial charge in [-0.3, -0.25) is 0 Å². The van der Waals surface area contributed by atoms with Gasteiger partial charge in [0, 0.05) is 6.61 Å². The fraction of sp³-hybridized carbons (Fsp3) is 0.538. The summed E-state index contributed by atoms with van der Waals surface area (Å²) in [5.41, 5.74) is 4.06. The van der Waals surface area contributed by atoms with E-state index in [1.165, 1.54) is 29.5 Å². The van der Waals surface area contributed by atoms with Crippen LogP contribution >= 0.6 is 15.9 Å². The lowest BCUT2D eigenvalue weighted by atomic mass is 10.0. The van der Waals surface area contributed by atoms with Crippen LogP contribution in [0.25, 0.3) is 0 Å². The van der Waals surface area contributed by atoms with Gasteiger partial charge in [-0.1, -0.05) is 6.07 Å². The molecule has 0 aromatic heterocycles. The fourth-order valence-electron chi connectivity index (χ4n) is 2.41. The summed E-state index contributed by atoms with van der Waals surface area (Å²) >= 11 is 3.65. The Balaban J connectivity index is 2.39. The topological polar surface area (TPSA) is 29.5 Å². The monoisotopic (exact) mass is 284 g/mol. The summed E-state index contributed by atoms with van der Waals surface area (Å²) in [6, 6.07) is 2.25. The van der Waals surface area contributed by atoms with Gasteiger partial charge in [-0.15, -0.1) is 0 Å². The van der Waals surface area contributed by atoms with E-state index >= 15 is 0 Å². The maximum absolute atomic E-state index is 8.90. The average Bonchev–Trinajstić information content (AvgIpc) is 2.75. The van der Waals surface area contributed by atoms with Crippen LogP contribution in [0.5, 0.6) is 5.75 Å². The first kappa shape index (κ1) is 11.9. The van der Waals surface area contributed by atoms with Gasteiger partial charge in [0.05, 0.1) is 11.6 Å². The molecule has 0 fully saturated rings. The summed E-state index contributed by atoms with van der Waals surface area (Å²) in [6.45, 7) is 0.234. The summed E-state index contributed by atoms with van der Waals surface area (Å²) in [4.78, 5) is 0. The van der Waals surface area contributed by atoms with Crippen LogP contribution in [0.4, 0.5) is 0 Å². The van der Waals surface area contributed by atoms with Crippen molar-refractivity contribution in [2.45, 2.75) is 32.1 Å². The molecule has 0 amide bonds. The van der Waals surface area contributed by atoms with Gasteiger partial charge in [-0.2, -0.15) is 0 Å². The summed E-state index contributed by atoms with van der Waals surface area (Å²) in [7, 11) is 1.71. The molecular weight excluding hydrogens is 268 g/mol. The lowest BCUT2D eigenvalue weighted by Crippen LogP contribution is -1.99. The van der Waals surface area contributed by atoms with Gasteiger partial charge in [-0.05, 0) is 64.7 Å². The van der Waals surface area contributed by atoms with E-state index < -0.39 is 0 Å². The van der Waals surface area contributed by atoms with Crippen LogP contribution in [0.1, 0.15) is 29.5 Å². The Hall–Kier alpha value is -0.540. The number of hydrogen-bond donors (Lipinski definition) is 1. The number of halogens is 1. The summed E-state index contributed by atoms with van der Waals surface area (Å²) in [6.07, 6.45) is 5.23. The molecule has 1 aromatic carbocycles. The molecule has 16 heavy (non-hydrogen) atoms. The van der Waals surface area contributed by atoms with E-state index in [9.17, 15) is 0 Å². The number of rotatable bonds is 4. The zero-order valence-corrected chi connectivity index (χ0v) is 11.1. The second-order valence-electron chi connectivity index (χ2n) is 4.20. The quantitative estimate of drug-likeness (QED) is 0.921. The molecule has 0 radical (unpaired) electrons. The predicted molar refractivity (Wildman–Crippen MR) is 68.1 cm³/mol. The van der Waals surface area contributed by atoms with Crippen LogP contribution in [0.15, 0.2) is 10.5 Å². The molecule has 0 saturated heterocycles. The lowest BCUT2D eigenvalue weighted by molar-refractivity contribution is 0.287. The summed E-state index contributed by atoms with van der Waals surface area (Å²) < 4.78 is 6.59. The van der Waals surface area contributed by atoms with E-state index in [0.717, 1.165) is 29.5 Å². The van der Waals surface area contributed by atoms with Crippen LogP contribution in [0, 0.1) is 0 Å². The van der Waals surface area contributed by atoms with Crippen LogP contribution in [0.3, 0.4) is 0 Å². The van der Waals surface area contributed by atoms with Gasteiger partial charge < -0.3 is 9.84 Å². The molecule has 0 spiro atoms. The molecule has 1 aliphatic carbocycles. The summed E-state index contributed by atoms with van der Waals surface area (Å²) in [5, 5.41) is 8.90. The Bertz CT molecular complexity index is 388. The highest BCUT2D eigenvalue weighted by atomic mass is 79.9. The Labute approximate surface area is 105 Å². The normalized spacial score (nSPS) is 13.9. The minimum absolute atomic E-state index is 0.234. The van der Waals surface area contributed by atoms with Crippen LogP contribution in [-0.2, 0) is 19.3 Å². The van der Waals surface area contributed by atoms with Crippen molar-refractivity contribution in [2.24, 2.45) is 0 Å². The molecule has 0 saturated carbocycles. The highest BCUT2D eigenvalue weighted by Crippen LogP contribution is 2.39. The van der Waals surface area contributed by atoms with E-state index in [4.69, 9.17) is 9.84 Å². The second-order valence-corrected chi connectivity index (χ2v) is 4.99. The molecule has 0 unspecified atom stereocenters. The van der Waals surface area contributed by atoms with Crippen molar-refractivity contribution in [3.63, 3.8) is 0 Å². The van der Waals surface area contributed by atoms with Gasteiger partial charge in [0.15, 0.2) is 0 Å². The van der Waals surface area contributed by atoms with Crippen molar-refractivity contribution in [3.8, 4) is 5.75 Å². The van der Waals surface area contributed by atoms with E-state index in [2.05, 4.69) is 22.0 Å². The zero-order chi connectivity index (χ0) is 11.5. The fourth-order valence-corrected chi connectivity index (χ4v) is 3.28. The number of methoxy groups -OCH3 is 1. The molecule has 3 heteroatoms. The van der Waals surface area contributed by atoms with E-state index in [1.54, 1.807) is 7.11 Å². The number of fused-ring (bicyclic) bond motifs is 1. The molecule has 2 nitrogen and oxygen atoms in total. The Morgan fingerprint density at radius 2 is 2.25 bits per heavy atom. The van der Waals surface area contributed by atoms with Crippen molar-refractivity contribution in [3.05, 3.63) is 27.2 Å². The van der Waals surface area contributed by atoms with Crippen molar-refractivity contribution in [1.82, 2.24) is 0 Å². The highest BCUT2D eigenvalue weighted by Gasteiger charge is 2.20. The first-order chi connectivity index (χ1) is 7.77. The number of aliphatic hydroxyl groups excluding tert-OH is 1. The Morgan fingerprint density at radius 3 is 2.94 bits per heavy atom. The number of aryl methyl sites for hydroxylation is 2. The zero-order valence-electron chi connectivity index (χ0n) is 9.55. The second kappa shape index (κ2) is 5.19. The molecule has 1 aromatic rings. The predicted octanol–water partition coefficient (Wildman–Crippen LogP) is 2.87. The maximum atomic E-state index is 8.90. The third-order valence-electron chi connectivity index (χ3n) is 3.17. The smallest absolute Gasteiger partial charge is 0.136 e. The van der Waals surface area contributed by atoms with Gasteiger partial charge >= 0.3 is 0 Å². The van der Waals surface area contributed by atoms with Crippen molar-refractivity contribution in [1.29, 1.82) is 0 Å². The largest absolute Gasteiger partial charge is 0.495 e. The lowest BCUT2D eigenvalue weighted by Gasteiger charge is -2.14. The van der Waals surface area contributed by atoms with Crippen molar-refractivity contribution >= 4 is 15.9 Å². The Kier molecular flexibility index (Phi) is 3.87. The van der Waals surface area contributed by atoms with Gasteiger partial charge in [0.1, 0.15) is 5.75 Å². The first-order valence-corrected chi connectivity index (χ1v) is 6.55. The molecule has 2 rings (SSSR count). The van der Waals surface area contributed by atoms with E-state index in [0.29, 0.717) is 0 Å². The third-order valence-corrected chi connectivity index (χ3v) is 4.01. The number of aliphatic hydroxyl groups is 1. The Morgan fingerprint density at radius 1 is 1.44 bits per heavy atom. The van der Waals surface area contributed by atoms with E-state index in [1.807, 2.05) is 0 Å². The minimum atomic E-state index is 0.234. The van der Waals surface area contributed by atoms with Gasteiger partial charge in [-0.25, -0.2) is 0 Å². The first-order valence-electron chi connectivity index (χ1n) is 5.76. The molecular formula is C13H17BrO2. The highest BCUT2D eigenvalue weighted by molar-refractivity contribution is 9.10. The molecule has 0 aliphatic heterocycles. The molecule has 0 bridgehead atoms. The molecule has 1 aliphatic rings. The molecule has 0 heterocycles. The van der Waals surface area contributed by atoms with Crippen LogP contribution in [0.2, 0.25) is 0 Å². The number of hydrogen-bond acceptors (Lipinski definition) is 2. The minimum Gasteiger partial charge on any atom is -0.495 e. The SMILES string of the molecule is COc1c(CCCO)cc2c(c1Br)CCC2. The molecule has 0 atom stereocenters. The van der Waals surface area contributed by atoms with Crippen LogP contribution in [-0.4, -0.2) is 18.8 Å². The van der Waals surface area contributed by atoms with Gasteiger partial charge in [0.25, 0.3) is 0 Å². The van der Waals surface area contributed by atoms with E-state index in [-0.39, 0.29) is 6.61 Å². The average molecular weight is 285 g/mol. The number of ether oxygens (including phenoxy) is 1. The van der Waals surface area contributed by atoms with Gasteiger partial charge in [0.2, 0.25) is 0 Å². The maximum Gasteiger partial charge on any atom is 0.136 e. The van der Waals surface area contributed by atoms with Crippen LogP contribution < -0.4 is 4.74 Å². The molecule has 88 valence electrons. The van der Waals surface area contributed by atoms with Crippen molar-refractivity contribution < 1.29 is 9.84 Å². The summed E-state index contributed by atoms with van der Waals surface area (Å²) in [5.74, 6) is 0.953. The number of benzene rings is 1. The molecule has 1 N–H and O–H groups in total. The standard InChI is InChI=1S/C13H17BrO2/c1-16-13-10(5-3-7-15)8-9-4-2-6-11(9)12(13)14/h8,15H,2-7H2,1H3. The van der Waals surface area contributed by atoms with Crippen molar-refractivity contribution in [2.75, 3.05) is 13.7 Å². The third kappa shape index (κ3) is 2.11.